The number of rotatable bonds is 5. The molecule has 3 rings (SSSR count). The highest BCUT2D eigenvalue weighted by atomic mass is 16.5. The maximum Gasteiger partial charge on any atom is 0.264 e. The van der Waals surface area contributed by atoms with Gasteiger partial charge in [0.25, 0.3) is 5.91 Å². The van der Waals surface area contributed by atoms with E-state index >= 15 is 0 Å². The SMILES string of the molecule is CC1CCc2noc(NC(=O)COc3ccc(C(C)C)cc3)c2C1. The molecule has 0 bridgehead atoms. The van der Waals surface area contributed by atoms with Gasteiger partial charge in [0, 0.05) is 5.56 Å². The van der Waals surface area contributed by atoms with Gasteiger partial charge in [-0.15, -0.1) is 0 Å². The molecule has 128 valence electrons. The molecule has 5 nitrogen and oxygen atoms in total. The number of carbonyl (C=O) groups excluding carboxylic acids is 1. The zero-order valence-corrected chi connectivity index (χ0v) is 14.5. The highest BCUT2D eigenvalue weighted by molar-refractivity contribution is 5.91. The molecular formula is C19H24N2O3. The molecule has 1 aromatic heterocycles. The molecule has 1 atom stereocenters. The first-order chi connectivity index (χ1) is 11.5. The number of aromatic nitrogens is 1. The molecular weight excluding hydrogens is 304 g/mol. The fraction of sp³-hybridized carbons (Fsp3) is 0.474. The molecule has 0 spiro atoms. The van der Waals surface area contributed by atoms with Crippen molar-refractivity contribution in [3.63, 3.8) is 0 Å². The fourth-order valence-electron chi connectivity index (χ4n) is 2.94. The van der Waals surface area contributed by atoms with Crippen LogP contribution in [0.15, 0.2) is 28.8 Å². The third kappa shape index (κ3) is 3.78. The smallest absolute Gasteiger partial charge is 0.264 e. The van der Waals surface area contributed by atoms with Crippen molar-refractivity contribution in [3.8, 4) is 5.75 Å². The summed E-state index contributed by atoms with van der Waals surface area (Å²) in [5, 5.41) is 6.84. The van der Waals surface area contributed by atoms with Crippen molar-refractivity contribution in [2.45, 2.75) is 46.0 Å². The van der Waals surface area contributed by atoms with Crippen LogP contribution in [0.3, 0.4) is 0 Å². The molecule has 0 saturated heterocycles. The Labute approximate surface area is 142 Å². The lowest BCUT2D eigenvalue weighted by molar-refractivity contribution is -0.118. The van der Waals surface area contributed by atoms with Crippen molar-refractivity contribution in [3.05, 3.63) is 41.1 Å². The normalized spacial score (nSPS) is 16.8. The van der Waals surface area contributed by atoms with Gasteiger partial charge in [0.15, 0.2) is 6.61 Å². The van der Waals surface area contributed by atoms with E-state index in [1.807, 2.05) is 24.3 Å². The number of anilines is 1. The van der Waals surface area contributed by atoms with Crippen molar-refractivity contribution in [2.75, 3.05) is 11.9 Å². The van der Waals surface area contributed by atoms with Gasteiger partial charge in [0.2, 0.25) is 5.88 Å². The summed E-state index contributed by atoms with van der Waals surface area (Å²) in [4.78, 5) is 12.1. The van der Waals surface area contributed by atoms with Crippen molar-refractivity contribution < 1.29 is 14.1 Å². The number of hydrogen-bond acceptors (Lipinski definition) is 4. The standard InChI is InChI=1S/C19H24N2O3/c1-12(2)14-5-7-15(8-6-14)23-11-18(22)20-19-16-10-13(3)4-9-17(16)21-24-19/h5-8,12-13H,4,9-11H2,1-3H3,(H,20,22). The maximum absolute atomic E-state index is 12.1. The molecule has 1 amide bonds. The Hall–Kier alpha value is -2.30. The van der Waals surface area contributed by atoms with Crippen molar-refractivity contribution in [1.29, 1.82) is 0 Å². The van der Waals surface area contributed by atoms with Crippen LogP contribution in [0.4, 0.5) is 5.88 Å². The molecule has 1 unspecified atom stereocenters. The number of fused-ring (bicyclic) bond motifs is 1. The first-order valence-corrected chi connectivity index (χ1v) is 8.53. The van der Waals surface area contributed by atoms with E-state index < -0.39 is 0 Å². The Morgan fingerprint density at radius 2 is 2.12 bits per heavy atom. The van der Waals surface area contributed by atoms with Crippen LogP contribution in [0.5, 0.6) is 5.75 Å². The summed E-state index contributed by atoms with van der Waals surface area (Å²) in [6.45, 7) is 6.43. The molecule has 0 aliphatic heterocycles. The van der Waals surface area contributed by atoms with E-state index in [9.17, 15) is 4.79 Å². The minimum absolute atomic E-state index is 0.0496. The van der Waals surface area contributed by atoms with E-state index in [-0.39, 0.29) is 12.5 Å². The highest BCUT2D eigenvalue weighted by Gasteiger charge is 2.24. The van der Waals surface area contributed by atoms with Crippen molar-refractivity contribution in [2.24, 2.45) is 5.92 Å². The van der Waals surface area contributed by atoms with Gasteiger partial charge in [-0.3, -0.25) is 10.1 Å². The van der Waals surface area contributed by atoms with Gasteiger partial charge in [-0.1, -0.05) is 38.1 Å². The highest BCUT2D eigenvalue weighted by Crippen LogP contribution is 2.30. The zero-order valence-electron chi connectivity index (χ0n) is 14.5. The minimum atomic E-state index is -0.236. The summed E-state index contributed by atoms with van der Waals surface area (Å²) in [6.07, 6.45) is 2.92. The van der Waals surface area contributed by atoms with Gasteiger partial charge in [0.05, 0.1) is 5.69 Å². The number of benzene rings is 1. The number of amides is 1. The quantitative estimate of drug-likeness (QED) is 0.903. The maximum atomic E-state index is 12.1. The van der Waals surface area contributed by atoms with Crippen LogP contribution < -0.4 is 10.1 Å². The van der Waals surface area contributed by atoms with E-state index in [1.54, 1.807) is 0 Å². The van der Waals surface area contributed by atoms with E-state index in [2.05, 4.69) is 31.2 Å². The average molecular weight is 328 g/mol. The number of nitrogens with zero attached hydrogens (tertiary/aromatic N) is 1. The summed E-state index contributed by atoms with van der Waals surface area (Å²) < 4.78 is 10.8. The first kappa shape index (κ1) is 16.6. The predicted molar refractivity (Wildman–Crippen MR) is 92.3 cm³/mol. The predicted octanol–water partition coefficient (Wildman–Crippen LogP) is 3.94. The van der Waals surface area contributed by atoms with Crippen LogP contribution in [0, 0.1) is 5.92 Å². The first-order valence-electron chi connectivity index (χ1n) is 8.53. The Morgan fingerprint density at radius 3 is 2.83 bits per heavy atom. The molecule has 1 N–H and O–H groups in total. The lowest BCUT2D eigenvalue weighted by atomic mass is 9.89. The number of hydrogen-bond donors (Lipinski definition) is 1. The number of ether oxygens (including phenoxy) is 1. The van der Waals surface area contributed by atoms with E-state index in [1.165, 1.54) is 5.56 Å². The number of carbonyl (C=O) groups is 1. The molecule has 0 fully saturated rings. The monoisotopic (exact) mass is 328 g/mol. The van der Waals surface area contributed by atoms with Gasteiger partial charge in [-0.05, 0) is 48.8 Å². The Kier molecular flexibility index (Phi) is 4.88. The number of nitrogens with one attached hydrogen (secondary N) is 1. The van der Waals surface area contributed by atoms with Crippen LogP contribution >= 0.6 is 0 Å². The van der Waals surface area contributed by atoms with Gasteiger partial charge in [0.1, 0.15) is 5.75 Å². The van der Waals surface area contributed by atoms with E-state index in [4.69, 9.17) is 9.26 Å². The zero-order chi connectivity index (χ0) is 17.1. The van der Waals surface area contributed by atoms with Gasteiger partial charge in [-0.25, -0.2) is 0 Å². The average Bonchev–Trinajstić information content (AvgIpc) is 2.95. The van der Waals surface area contributed by atoms with Gasteiger partial charge < -0.3 is 9.26 Å². The second-order valence-electron chi connectivity index (χ2n) is 6.85. The molecule has 5 heteroatoms. The topological polar surface area (TPSA) is 64.4 Å². The largest absolute Gasteiger partial charge is 0.484 e. The Balaban J connectivity index is 1.55. The summed E-state index contributed by atoms with van der Waals surface area (Å²) in [5.74, 6) is 1.98. The fourth-order valence-corrected chi connectivity index (χ4v) is 2.94. The van der Waals surface area contributed by atoms with Crippen LogP contribution in [0.2, 0.25) is 0 Å². The van der Waals surface area contributed by atoms with Crippen LogP contribution in [-0.2, 0) is 17.6 Å². The van der Waals surface area contributed by atoms with Crippen molar-refractivity contribution >= 4 is 11.8 Å². The summed E-state index contributed by atoms with van der Waals surface area (Å²) in [7, 11) is 0. The van der Waals surface area contributed by atoms with Crippen LogP contribution in [0.1, 0.15) is 49.9 Å². The summed E-state index contributed by atoms with van der Waals surface area (Å²) in [5.41, 5.74) is 3.24. The number of aryl methyl sites for hydroxylation is 1. The summed E-state index contributed by atoms with van der Waals surface area (Å²) in [6, 6.07) is 7.82. The molecule has 1 aromatic carbocycles. The summed E-state index contributed by atoms with van der Waals surface area (Å²) >= 11 is 0. The molecule has 1 aliphatic rings. The lowest BCUT2D eigenvalue weighted by Gasteiger charge is -2.16. The Morgan fingerprint density at radius 1 is 1.38 bits per heavy atom. The molecule has 1 heterocycles. The van der Waals surface area contributed by atoms with Gasteiger partial charge in [-0.2, -0.15) is 0 Å². The Bertz CT molecular complexity index is 704. The van der Waals surface area contributed by atoms with Gasteiger partial charge >= 0.3 is 0 Å². The molecule has 0 saturated carbocycles. The minimum Gasteiger partial charge on any atom is -0.484 e. The third-order valence-electron chi connectivity index (χ3n) is 4.47. The lowest BCUT2D eigenvalue weighted by Crippen LogP contribution is -2.21. The second-order valence-corrected chi connectivity index (χ2v) is 6.85. The van der Waals surface area contributed by atoms with Crippen LogP contribution in [-0.4, -0.2) is 17.7 Å². The van der Waals surface area contributed by atoms with Crippen LogP contribution in [0.25, 0.3) is 0 Å². The van der Waals surface area contributed by atoms with E-state index in [0.717, 1.165) is 30.5 Å². The molecule has 24 heavy (non-hydrogen) atoms. The third-order valence-corrected chi connectivity index (χ3v) is 4.47. The second kappa shape index (κ2) is 7.07. The molecule has 0 radical (unpaired) electrons. The molecule has 2 aromatic rings. The molecule has 1 aliphatic carbocycles. The van der Waals surface area contributed by atoms with E-state index in [0.29, 0.717) is 23.5 Å². The van der Waals surface area contributed by atoms with Crippen molar-refractivity contribution in [1.82, 2.24) is 5.16 Å².